The van der Waals surface area contributed by atoms with Crippen LogP contribution in [0.25, 0.3) is 10.3 Å². The molecule has 0 N–H and O–H groups in total. The van der Waals surface area contributed by atoms with Crippen molar-refractivity contribution in [1.29, 1.82) is 0 Å². The van der Waals surface area contributed by atoms with Crippen LogP contribution in [0.4, 0.5) is 0 Å². The van der Waals surface area contributed by atoms with Gasteiger partial charge in [0.1, 0.15) is 0 Å². The van der Waals surface area contributed by atoms with Gasteiger partial charge in [0.05, 0.1) is 16.0 Å². The van der Waals surface area contributed by atoms with E-state index in [-0.39, 0.29) is 0 Å². The van der Waals surface area contributed by atoms with Gasteiger partial charge in [0.15, 0.2) is 5.58 Å². The van der Waals surface area contributed by atoms with Crippen molar-refractivity contribution in [3.8, 4) is 0 Å². The molecule has 1 nitrogen and oxygen atoms in total. The Labute approximate surface area is 60.9 Å². The predicted octanol–water partition coefficient (Wildman–Crippen LogP) is 3.15. The lowest BCUT2D eigenvalue weighted by Crippen LogP contribution is -1.46. The molecule has 0 aliphatic carbocycles. The highest BCUT2D eigenvalue weighted by atomic mass is 35.5. The molecule has 0 unspecified atom stereocenters. The normalized spacial score (nSPS) is 10.8. The quantitative estimate of drug-likeness (QED) is 0.574. The third kappa shape index (κ3) is 0.671. The van der Waals surface area contributed by atoms with Crippen molar-refractivity contribution in [3.05, 3.63) is 22.7 Å². The summed E-state index contributed by atoms with van der Waals surface area (Å²) >= 11 is 7.33. The zero-order valence-electron chi connectivity index (χ0n) is 4.43. The Balaban J connectivity index is 2.99. The van der Waals surface area contributed by atoms with Crippen molar-refractivity contribution in [2.24, 2.45) is 0 Å². The standard InChI is InChI=1S/C6H3ClOS/c7-4-3-9-5-1-2-8-6(4)5/h1-3H. The fourth-order valence-corrected chi connectivity index (χ4v) is 1.81. The molecule has 2 aromatic rings. The monoisotopic (exact) mass is 158 g/mol. The van der Waals surface area contributed by atoms with Gasteiger partial charge in [-0.05, 0) is 6.07 Å². The molecule has 0 saturated carbocycles. The van der Waals surface area contributed by atoms with Gasteiger partial charge < -0.3 is 4.42 Å². The Morgan fingerprint density at radius 1 is 1.56 bits per heavy atom. The minimum atomic E-state index is 0.708. The van der Waals surface area contributed by atoms with Crippen molar-refractivity contribution >= 4 is 33.2 Å². The maximum atomic E-state index is 5.73. The summed E-state index contributed by atoms with van der Waals surface area (Å²) in [5.41, 5.74) is 0.807. The fraction of sp³-hybridized carbons (Fsp3) is 0. The number of fused-ring (bicyclic) bond motifs is 1. The van der Waals surface area contributed by atoms with E-state index in [0.717, 1.165) is 10.3 Å². The zero-order valence-corrected chi connectivity index (χ0v) is 6.00. The van der Waals surface area contributed by atoms with Gasteiger partial charge in [-0.25, -0.2) is 0 Å². The van der Waals surface area contributed by atoms with Crippen LogP contribution < -0.4 is 0 Å². The molecule has 3 heteroatoms. The average molecular weight is 159 g/mol. The van der Waals surface area contributed by atoms with Gasteiger partial charge in [-0.15, -0.1) is 11.3 Å². The molecule has 0 spiro atoms. The molecule has 2 heterocycles. The van der Waals surface area contributed by atoms with Crippen LogP contribution in [-0.4, -0.2) is 0 Å². The van der Waals surface area contributed by atoms with Crippen molar-refractivity contribution in [1.82, 2.24) is 0 Å². The van der Waals surface area contributed by atoms with Crippen LogP contribution in [-0.2, 0) is 0 Å². The van der Waals surface area contributed by atoms with Crippen LogP contribution in [0.15, 0.2) is 22.1 Å². The van der Waals surface area contributed by atoms with Gasteiger partial charge in [0.2, 0.25) is 0 Å². The molecule has 0 saturated heterocycles. The molecule has 0 radical (unpaired) electrons. The van der Waals surface area contributed by atoms with Gasteiger partial charge in [-0.1, -0.05) is 11.6 Å². The second-order valence-electron chi connectivity index (χ2n) is 1.70. The lowest BCUT2D eigenvalue weighted by molar-refractivity contribution is 0.616. The van der Waals surface area contributed by atoms with Crippen LogP contribution in [0.2, 0.25) is 5.02 Å². The number of hydrogen-bond donors (Lipinski definition) is 0. The van der Waals surface area contributed by atoms with Crippen LogP contribution >= 0.6 is 22.9 Å². The number of rotatable bonds is 0. The van der Waals surface area contributed by atoms with E-state index in [1.54, 1.807) is 17.6 Å². The van der Waals surface area contributed by atoms with E-state index in [9.17, 15) is 0 Å². The summed E-state index contributed by atoms with van der Waals surface area (Å²) in [7, 11) is 0. The van der Waals surface area contributed by atoms with E-state index in [1.165, 1.54) is 0 Å². The summed E-state index contributed by atoms with van der Waals surface area (Å²) in [6, 6.07) is 1.91. The Bertz CT molecular complexity index is 322. The van der Waals surface area contributed by atoms with E-state index < -0.39 is 0 Å². The summed E-state index contributed by atoms with van der Waals surface area (Å²) in [4.78, 5) is 0. The molecule has 0 aromatic carbocycles. The highest BCUT2D eigenvalue weighted by molar-refractivity contribution is 7.17. The van der Waals surface area contributed by atoms with Crippen LogP contribution in [0.3, 0.4) is 0 Å². The van der Waals surface area contributed by atoms with Gasteiger partial charge in [0, 0.05) is 5.38 Å². The van der Waals surface area contributed by atoms with Gasteiger partial charge in [-0.3, -0.25) is 0 Å². The number of halogens is 1. The summed E-state index contributed by atoms with van der Waals surface area (Å²) in [6.07, 6.45) is 1.65. The number of hydrogen-bond acceptors (Lipinski definition) is 2. The van der Waals surface area contributed by atoms with Gasteiger partial charge in [-0.2, -0.15) is 0 Å². The maximum Gasteiger partial charge on any atom is 0.163 e. The summed E-state index contributed by atoms with van der Waals surface area (Å²) < 4.78 is 6.18. The number of thiophene rings is 1. The molecule has 9 heavy (non-hydrogen) atoms. The molecule has 0 amide bonds. The molecule has 0 aliphatic heterocycles. The Kier molecular flexibility index (Phi) is 1.04. The average Bonchev–Trinajstić information content (AvgIpc) is 2.35. The summed E-state index contributed by atoms with van der Waals surface area (Å²) in [5.74, 6) is 0. The fourth-order valence-electron chi connectivity index (χ4n) is 0.733. The molecule has 0 atom stereocenters. The van der Waals surface area contributed by atoms with Crippen molar-refractivity contribution in [2.75, 3.05) is 0 Å². The lowest BCUT2D eigenvalue weighted by Gasteiger charge is -1.73. The minimum absolute atomic E-state index is 0.708. The third-order valence-corrected chi connectivity index (χ3v) is 2.47. The first kappa shape index (κ1) is 5.33. The molecule has 2 aromatic heterocycles. The van der Waals surface area contributed by atoms with Crippen molar-refractivity contribution in [3.63, 3.8) is 0 Å². The van der Waals surface area contributed by atoms with E-state index in [1.807, 2.05) is 11.4 Å². The Hall–Kier alpha value is -0.470. The molecule has 0 fully saturated rings. The van der Waals surface area contributed by atoms with Gasteiger partial charge in [0.25, 0.3) is 0 Å². The smallest absolute Gasteiger partial charge is 0.163 e. The SMILES string of the molecule is Clc1csc2ccoc12. The number of furan rings is 1. The van der Waals surface area contributed by atoms with E-state index in [2.05, 4.69) is 0 Å². The molecule has 46 valence electrons. The van der Waals surface area contributed by atoms with Crippen molar-refractivity contribution < 1.29 is 4.42 Å². The largest absolute Gasteiger partial charge is 0.462 e. The first-order valence-corrected chi connectivity index (χ1v) is 3.74. The molecular formula is C6H3ClOS. The van der Waals surface area contributed by atoms with E-state index >= 15 is 0 Å². The van der Waals surface area contributed by atoms with Crippen molar-refractivity contribution in [2.45, 2.75) is 0 Å². The second-order valence-corrected chi connectivity index (χ2v) is 3.02. The Morgan fingerprint density at radius 2 is 2.44 bits per heavy atom. The third-order valence-electron chi connectivity index (χ3n) is 1.14. The molecule has 0 aliphatic rings. The topological polar surface area (TPSA) is 13.1 Å². The summed E-state index contributed by atoms with van der Waals surface area (Å²) in [6.45, 7) is 0. The molecular weight excluding hydrogens is 156 g/mol. The van der Waals surface area contributed by atoms with Crippen LogP contribution in [0.5, 0.6) is 0 Å². The second kappa shape index (κ2) is 1.75. The minimum Gasteiger partial charge on any atom is -0.462 e. The highest BCUT2D eigenvalue weighted by Crippen LogP contribution is 2.29. The Morgan fingerprint density at radius 3 is 3.22 bits per heavy atom. The molecule has 0 bridgehead atoms. The lowest BCUT2D eigenvalue weighted by atomic mass is 10.5. The van der Waals surface area contributed by atoms with E-state index in [0.29, 0.717) is 5.02 Å². The first-order chi connectivity index (χ1) is 4.38. The first-order valence-electron chi connectivity index (χ1n) is 2.48. The predicted molar refractivity (Wildman–Crippen MR) is 39.1 cm³/mol. The summed E-state index contributed by atoms with van der Waals surface area (Å²) in [5, 5.41) is 2.58. The van der Waals surface area contributed by atoms with Crippen LogP contribution in [0, 0.1) is 0 Å². The highest BCUT2D eigenvalue weighted by Gasteiger charge is 2.02. The van der Waals surface area contributed by atoms with E-state index in [4.69, 9.17) is 16.0 Å². The molecule has 2 rings (SSSR count). The maximum absolute atomic E-state index is 5.73. The van der Waals surface area contributed by atoms with Gasteiger partial charge >= 0.3 is 0 Å². The van der Waals surface area contributed by atoms with Crippen LogP contribution in [0.1, 0.15) is 0 Å². The zero-order chi connectivity index (χ0) is 6.27.